The van der Waals surface area contributed by atoms with E-state index < -0.39 is 16.1 Å². The Morgan fingerprint density at radius 2 is 1.81 bits per heavy atom. The number of benzene rings is 1. The van der Waals surface area contributed by atoms with E-state index in [0.29, 0.717) is 37.7 Å². The summed E-state index contributed by atoms with van der Waals surface area (Å²) < 4.78 is 31.8. The minimum absolute atomic E-state index is 0.150. The van der Waals surface area contributed by atoms with Gasteiger partial charge < -0.3 is 15.8 Å². The molecule has 0 spiro atoms. The van der Waals surface area contributed by atoms with Crippen LogP contribution in [0.25, 0.3) is 0 Å². The molecule has 2 fully saturated rings. The van der Waals surface area contributed by atoms with Crippen LogP contribution in [0, 0.1) is 5.92 Å². The van der Waals surface area contributed by atoms with Crippen LogP contribution in [0.3, 0.4) is 0 Å². The van der Waals surface area contributed by atoms with Crippen molar-refractivity contribution in [3.63, 3.8) is 0 Å². The number of ether oxygens (including phenoxy) is 1. The molecular weight excluding hydrogens is 354 g/mol. The van der Waals surface area contributed by atoms with E-state index in [1.165, 1.54) is 4.31 Å². The van der Waals surface area contributed by atoms with Gasteiger partial charge in [0.15, 0.2) is 0 Å². The molecule has 2 heterocycles. The van der Waals surface area contributed by atoms with Crippen LogP contribution in [0.5, 0.6) is 0 Å². The molecule has 1 aromatic rings. The third kappa shape index (κ3) is 4.43. The van der Waals surface area contributed by atoms with Gasteiger partial charge in [-0.2, -0.15) is 4.31 Å². The van der Waals surface area contributed by atoms with E-state index in [0.717, 1.165) is 31.2 Å². The van der Waals surface area contributed by atoms with Crippen LogP contribution in [-0.4, -0.2) is 51.0 Å². The Morgan fingerprint density at radius 1 is 1.19 bits per heavy atom. The molecule has 144 valence electrons. The number of nitrogens with two attached hydrogens (primary N) is 1. The second-order valence-electron chi connectivity index (χ2n) is 6.95. The number of hydrogen-bond acceptors (Lipinski definition) is 5. The molecule has 0 aliphatic carbocycles. The number of nitrogens with zero attached hydrogens (tertiary/aromatic N) is 1. The second-order valence-corrected chi connectivity index (χ2v) is 8.89. The predicted octanol–water partition coefficient (Wildman–Crippen LogP) is 0.841. The minimum atomic E-state index is -3.40. The number of amides is 1. The lowest BCUT2D eigenvalue weighted by atomic mass is 9.92. The number of nitrogens with one attached hydrogen (secondary N) is 1. The van der Waals surface area contributed by atoms with Gasteiger partial charge in [-0.3, -0.25) is 4.79 Å². The first-order chi connectivity index (χ1) is 12.5. The number of hydrogen-bond donors (Lipinski definition) is 2. The largest absolute Gasteiger partial charge is 0.381 e. The lowest BCUT2D eigenvalue weighted by Gasteiger charge is -2.26. The average Bonchev–Trinajstić information content (AvgIpc) is 3.22. The second kappa shape index (κ2) is 8.47. The standard InChI is InChI=1S/C18H27N3O4S/c19-17(15-7-11-25-12-8-15)18(22)20-13-14-3-5-16(6-4-14)26(23,24)21-9-1-2-10-21/h3-6,15,17H,1-2,7-13,19H2,(H,20,22). The van der Waals surface area contributed by atoms with Crippen molar-refractivity contribution in [1.82, 2.24) is 9.62 Å². The van der Waals surface area contributed by atoms with Crippen LogP contribution >= 0.6 is 0 Å². The van der Waals surface area contributed by atoms with Gasteiger partial charge in [-0.15, -0.1) is 0 Å². The Bertz CT molecular complexity index is 708. The maximum Gasteiger partial charge on any atom is 0.243 e. The smallest absolute Gasteiger partial charge is 0.243 e. The van der Waals surface area contributed by atoms with Gasteiger partial charge in [0, 0.05) is 32.8 Å². The van der Waals surface area contributed by atoms with Crippen LogP contribution in [0.1, 0.15) is 31.2 Å². The van der Waals surface area contributed by atoms with E-state index >= 15 is 0 Å². The van der Waals surface area contributed by atoms with Gasteiger partial charge in [0.2, 0.25) is 15.9 Å². The van der Waals surface area contributed by atoms with Crippen LogP contribution in [0.15, 0.2) is 29.2 Å². The molecule has 2 aliphatic heterocycles. The summed E-state index contributed by atoms with van der Waals surface area (Å²) in [4.78, 5) is 12.5. The van der Waals surface area contributed by atoms with Crippen molar-refractivity contribution in [2.75, 3.05) is 26.3 Å². The van der Waals surface area contributed by atoms with Crippen LogP contribution in [-0.2, 0) is 26.1 Å². The Kier molecular flexibility index (Phi) is 6.29. The molecule has 0 radical (unpaired) electrons. The topological polar surface area (TPSA) is 102 Å². The first kappa shape index (κ1) is 19.3. The molecule has 2 saturated heterocycles. The third-order valence-electron chi connectivity index (χ3n) is 5.17. The molecule has 3 rings (SSSR count). The number of carbonyl (C=O) groups excluding carboxylic acids is 1. The summed E-state index contributed by atoms with van der Waals surface area (Å²) in [5.41, 5.74) is 6.90. The molecule has 1 atom stereocenters. The molecule has 0 bridgehead atoms. The SMILES string of the molecule is NC(C(=O)NCc1ccc(S(=O)(=O)N2CCCC2)cc1)C1CCOCC1. The Balaban J connectivity index is 1.55. The fraction of sp³-hybridized carbons (Fsp3) is 0.611. The number of rotatable bonds is 6. The first-order valence-corrected chi connectivity index (χ1v) is 10.6. The molecule has 26 heavy (non-hydrogen) atoms. The van der Waals surface area contributed by atoms with Crippen LogP contribution in [0.2, 0.25) is 0 Å². The van der Waals surface area contributed by atoms with Gasteiger partial charge in [-0.05, 0) is 49.3 Å². The summed E-state index contributed by atoms with van der Waals surface area (Å²) in [6.45, 7) is 2.81. The molecule has 1 amide bonds. The van der Waals surface area contributed by atoms with E-state index in [1.807, 2.05) is 0 Å². The number of carbonyl (C=O) groups is 1. The maximum absolute atomic E-state index is 12.5. The van der Waals surface area contributed by atoms with Crippen molar-refractivity contribution < 1.29 is 17.9 Å². The van der Waals surface area contributed by atoms with Gasteiger partial charge >= 0.3 is 0 Å². The van der Waals surface area contributed by atoms with Crippen molar-refractivity contribution in [3.8, 4) is 0 Å². The Morgan fingerprint density at radius 3 is 2.42 bits per heavy atom. The van der Waals surface area contributed by atoms with Crippen molar-refractivity contribution in [2.45, 2.75) is 43.2 Å². The third-order valence-corrected chi connectivity index (χ3v) is 7.08. The summed E-state index contributed by atoms with van der Waals surface area (Å²) in [5.74, 6) is -0.0256. The van der Waals surface area contributed by atoms with Crippen LogP contribution < -0.4 is 11.1 Å². The zero-order valence-electron chi connectivity index (χ0n) is 14.9. The molecule has 0 saturated carbocycles. The highest BCUT2D eigenvalue weighted by Crippen LogP contribution is 2.21. The first-order valence-electron chi connectivity index (χ1n) is 9.18. The summed E-state index contributed by atoms with van der Waals surface area (Å²) in [5, 5.41) is 2.84. The summed E-state index contributed by atoms with van der Waals surface area (Å²) in [7, 11) is -3.40. The van der Waals surface area contributed by atoms with Gasteiger partial charge in [0.05, 0.1) is 10.9 Å². The molecule has 8 heteroatoms. The summed E-state index contributed by atoms with van der Waals surface area (Å²) in [6.07, 6.45) is 3.43. The molecule has 7 nitrogen and oxygen atoms in total. The molecular formula is C18H27N3O4S. The summed E-state index contributed by atoms with van der Waals surface area (Å²) in [6, 6.07) is 6.15. The summed E-state index contributed by atoms with van der Waals surface area (Å²) >= 11 is 0. The fourth-order valence-electron chi connectivity index (χ4n) is 3.45. The Labute approximate surface area is 154 Å². The molecule has 3 N–H and O–H groups in total. The van der Waals surface area contributed by atoms with Crippen molar-refractivity contribution >= 4 is 15.9 Å². The maximum atomic E-state index is 12.5. The van der Waals surface area contributed by atoms with E-state index in [1.54, 1.807) is 24.3 Å². The van der Waals surface area contributed by atoms with Crippen molar-refractivity contribution in [3.05, 3.63) is 29.8 Å². The van der Waals surface area contributed by atoms with Crippen molar-refractivity contribution in [1.29, 1.82) is 0 Å². The molecule has 2 aliphatic rings. The van der Waals surface area contributed by atoms with Gasteiger partial charge in [-0.1, -0.05) is 12.1 Å². The highest BCUT2D eigenvalue weighted by atomic mass is 32.2. The van der Waals surface area contributed by atoms with E-state index in [-0.39, 0.29) is 11.8 Å². The predicted molar refractivity (Wildman–Crippen MR) is 97.8 cm³/mol. The highest BCUT2D eigenvalue weighted by molar-refractivity contribution is 7.89. The van der Waals surface area contributed by atoms with Crippen LogP contribution in [0.4, 0.5) is 0 Å². The molecule has 1 unspecified atom stereocenters. The average molecular weight is 381 g/mol. The lowest BCUT2D eigenvalue weighted by Crippen LogP contribution is -2.46. The normalized spacial score (nSPS) is 20.8. The fourth-order valence-corrected chi connectivity index (χ4v) is 4.97. The molecule has 0 aromatic heterocycles. The van der Waals surface area contributed by atoms with Gasteiger partial charge in [-0.25, -0.2) is 8.42 Å². The minimum Gasteiger partial charge on any atom is -0.381 e. The monoisotopic (exact) mass is 381 g/mol. The Hall–Kier alpha value is -1.48. The number of sulfonamides is 1. The zero-order chi connectivity index (χ0) is 18.6. The van der Waals surface area contributed by atoms with E-state index in [2.05, 4.69) is 5.32 Å². The zero-order valence-corrected chi connectivity index (χ0v) is 15.7. The quantitative estimate of drug-likeness (QED) is 0.760. The van der Waals surface area contributed by atoms with E-state index in [9.17, 15) is 13.2 Å². The van der Waals surface area contributed by atoms with E-state index in [4.69, 9.17) is 10.5 Å². The lowest BCUT2D eigenvalue weighted by molar-refractivity contribution is -0.124. The van der Waals surface area contributed by atoms with Gasteiger partial charge in [0.25, 0.3) is 0 Å². The van der Waals surface area contributed by atoms with Crippen molar-refractivity contribution in [2.24, 2.45) is 11.7 Å². The van der Waals surface area contributed by atoms with Gasteiger partial charge in [0.1, 0.15) is 0 Å². The highest BCUT2D eigenvalue weighted by Gasteiger charge is 2.28. The molecule has 1 aromatic carbocycles.